The number of alkyl carbamates (subject to hydrolysis) is 1. The molecule has 0 bridgehead atoms. The van der Waals surface area contributed by atoms with Gasteiger partial charge in [0.25, 0.3) is 5.91 Å². The number of thiazole rings is 1. The molecular weight excluding hydrogens is 1200 g/mol. The summed E-state index contributed by atoms with van der Waals surface area (Å²) in [5, 5.41) is 29.1. The number of nitrogens with one attached hydrogen (secondary N) is 6. The number of terminal acetylenes is 1. The van der Waals surface area contributed by atoms with Gasteiger partial charge in [-0.2, -0.15) is 0 Å². The molecule has 1 aliphatic carbocycles. The molecule has 9 N–H and O–H groups in total. The Balaban J connectivity index is 1.15. The maximum Gasteiger partial charge on any atom is 0.407 e. The van der Waals surface area contributed by atoms with Gasteiger partial charge in [0.1, 0.15) is 35.4 Å². The topological polar surface area (TPSA) is 310 Å². The molecule has 504 valence electrons. The molecule has 3 aromatic carbocycles. The molecule has 1 aromatic heterocycles. The number of urea groups is 1. The molecule has 1 aliphatic heterocycles. The van der Waals surface area contributed by atoms with Gasteiger partial charge >= 0.3 is 24.1 Å². The molecule has 0 saturated carbocycles. The number of carboxylic acids is 1. The Morgan fingerprint density at radius 3 is 2.11 bits per heavy atom. The Hall–Kier alpha value is -8.36. The number of amides is 8. The van der Waals surface area contributed by atoms with Crippen LogP contribution in [0.3, 0.4) is 0 Å². The Bertz CT molecular complexity index is 3230. The first kappa shape index (κ1) is 73.7. The van der Waals surface area contributed by atoms with E-state index >= 15 is 4.79 Å². The quantitative estimate of drug-likeness (QED) is 0.0123. The highest BCUT2D eigenvalue weighted by Gasteiger charge is 2.40. The fourth-order valence-corrected chi connectivity index (χ4v) is 12.9. The van der Waals surface area contributed by atoms with E-state index in [-0.39, 0.29) is 86.6 Å². The first-order valence-electron chi connectivity index (χ1n) is 32.5. The zero-order chi connectivity index (χ0) is 68.1. The van der Waals surface area contributed by atoms with E-state index in [4.69, 9.17) is 26.6 Å². The summed E-state index contributed by atoms with van der Waals surface area (Å²) in [5.74, 6) is -2.30. The van der Waals surface area contributed by atoms with Gasteiger partial charge < -0.3 is 57.1 Å². The number of carboxylic acid groups (broad SMARTS) is 1. The summed E-state index contributed by atoms with van der Waals surface area (Å²) in [6.45, 7) is 17.0. The number of nitrogens with zero attached hydrogens (tertiary/aromatic N) is 3. The predicted octanol–water partition coefficient (Wildman–Crippen LogP) is 9.09. The van der Waals surface area contributed by atoms with Crippen LogP contribution in [0.1, 0.15) is 177 Å². The average Bonchev–Trinajstić information content (AvgIpc) is 1.65. The largest absolute Gasteiger partial charge is 0.481 e. The average molecular weight is 1300 g/mol. The summed E-state index contributed by atoms with van der Waals surface area (Å²) in [6, 6.07) is 17.1. The molecule has 2 aliphatic rings. The fraction of sp³-hybridized carbons (Fsp3) is 0.543. The summed E-state index contributed by atoms with van der Waals surface area (Å²) in [7, 11) is 1.92. The van der Waals surface area contributed by atoms with E-state index in [2.05, 4.69) is 37.8 Å². The van der Waals surface area contributed by atoms with Crippen molar-refractivity contribution in [3.05, 3.63) is 106 Å². The number of likely N-dealkylation sites (tertiary alicyclic amines) is 1. The zero-order valence-electron chi connectivity index (χ0n) is 55.5. The SMILES string of the molecule is C#CCCCCN(C(=O)[C@@H](NC(=O)[C@H]1CCCCN1C)[C@@H](C)CC)[C@H](C[C@@H](OC(C)=O)c1nc(C(=O)N[C@@H](Cc2ccc(NC(=O)[C@H](CCCNC(N)=O)NC(=O)[C@@H](NC(=O)OCC3c4ccccc4-c4ccccc43)C(C)C)cc2)CC(C)(C)C(=O)O)cs1)C(C)C. The number of aromatic nitrogens is 1. The molecule has 1 saturated heterocycles. The molecule has 23 heteroatoms. The van der Waals surface area contributed by atoms with Crippen molar-refractivity contribution in [2.24, 2.45) is 28.9 Å². The number of aliphatic carboxylic acids is 1. The maximum atomic E-state index is 15.1. The Morgan fingerprint density at radius 1 is 0.849 bits per heavy atom. The van der Waals surface area contributed by atoms with Crippen molar-refractivity contribution < 1.29 is 57.7 Å². The van der Waals surface area contributed by atoms with Crippen molar-refractivity contribution >= 4 is 70.6 Å². The number of primary amides is 1. The van der Waals surface area contributed by atoms with Crippen LogP contribution in [0.15, 0.2) is 78.2 Å². The highest BCUT2D eigenvalue weighted by atomic mass is 32.1. The molecule has 2 heterocycles. The highest BCUT2D eigenvalue weighted by Crippen LogP contribution is 2.44. The minimum atomic E-state index is -1.30. The zero-order valence-corrected chi connectivity index (χ0v) is 56.3. The van der Waals surface area contributed by atoms with E-state index in [1.807, 2.05) is 88.2 Å². The van der Waals surface area contributed by atoms with Crippen molar-refractivity contribution in [1.29, 1.82) is 0 Å². The van der Waals surface area contributed by atoms with Gasteiger partial charge in [0.05, 0.1) is 11.5 Å². The van der Waals surface area contributed by atoms with E-state index in [0.717, 1.165) is 53.0 Å². The van der Waals surface area contributed by atoms with E-state index < -0.39 is 89.4 Å². The fourth-order valence-electron chi connectivity index (χ4n) is 12.1. The number of likely N-dealkylation sites (N-methyl/N-ethyl adjacent to an activating group) is 1. The van der Waals surface area contributed by atoms with Crippen LogP contribution in [-0.4, -0.2) is 143 Å². The molecule has 0 spiro atoms. The van der Waals surface area contributed by atoms with Gasteiger partial charge in [0.15, 0.2) is 6.10 Å². The number of nitrogens with two attached hydrogens (primary N) is 1. The van der Waals surface area contributed by atoms with Crippen LogP contribution in [0.25, 0.3) is 11.1 Å². The standard InChI is InChI=1S/C70H96N10O12S/c1-12-14-15-21-36-80(66(86)60(44(7)13-2)77-63(84)56-29-20-22-35-79(56)11)57(42(3)4)38-58(92-45(8)81)65-76-55(41-93-65)62(83)74-48(39-70(9,10)67(87)88)37-46-30-32-47(33-31-46)73-61(82)54(28-23-34-72-68(71)89)75-64(85)59(43(5)6)78-69(90)91-40-53-51-26-18-16-24-49(51)50-25-17-19-27-52(50)53/h1,16-19,24-27,30-33,41-44,48,53-54,56-60H,13-15,20-23,28-29,34-40H2,2-11H3,(H,73,82)(H,74,83)(H,75,85)(H,77,84)(H,78,90)(H,87,88)(H3,71,72,89)/t44-,48-,54-,56+,57+,58+,59-,60-/m0/s1. The number of unbranched alkanes of at least 4 members (excludes halogenated alkanes) is 2. The number of piperidine rings is 1. The predicted molar refractivity (Wildman–Crippen MR) is 358 cm³/mol. The molecular formula is C70H96N10O12S. The minimum absolute atomic E-state index is 0.00123. The number of fused-ring (bicyclic) bond motifs is 3. The second kappa shape index (κ2) is 35.1. The van der Waals surface area contributed by atoms with Gasteiger partial charge in [-0.05, 0) is 137 Å². The van der Waals surface area contributed by atoms with Crippen LogP contribution in [0, 0.1) is 35.5 Å². The monoisotopic (exact) mass is 1300 g/mol. The van der Waals surface area contributed by atoms with Crippen molar-refractivity contribution in [3.8, 4) is 23.5 Å². The summed E-state index contributed by atoms with van der Waals surface area (Å²) in [6.07, 6.45) is 9.40. The smallest absolute Gasteiger partial charge is 0.407 e. The summed E-state index contributed by atoms with van der Waals surface area (Å²) >= 11 is 1.11. The lowest BCUT2D eigenvalue weighted by Gasteiger charge is -2.40. The van der Waals surface area contributed by atoms with Crippen molar-refractivity contribution in [1.82, 2.24) is 41.4 Å². The lowest BCUT2D eigenvalue weighted by Crippen LogP contribution is -2.59. The van der Waals surface area contributed by atoms with Gasteiger partial charge in [0.2, 0.25) is 23.6 Å². The third kappa shape index (κ3) is 21.1. The first-order valence-corrected chi connectivity index (χ1v) is 33.4. The third-order valence-electron chi connectivity index (χ3n) is 17.6. The molecule has 4 aromatic rings. The van der Waals surface area contributed by atoms with Crippen molar-refractivity contribution in [2.75, 3.05) is 38.6 Å². The molecule has 8 atom stereocenters. The highest BCUT2D eigenvalue weighted by molar-refractivity contribution is 7.09. The normalized spacial score (nSPS) is 16.1. The second-order valence-corrected chi connectivity index (χ2v) is 26.8. The van der Waals surface area contributed by atoms with Crippen LogP contribution in [0.4, 0.5) is 15.3 Å². The van der Waals surface area contributed by atoms with Gasteiger partial charge in [-0.1, -0.05) is 115 Å². The van der Waals surface area contributed by atoms with Gasteiger partial charge in [-0.15, -0.1) is 23.7 Å². The number of carbonyl (C=O) groups excluding carboxylic acids is 8. The Morgan fingerprint density at radius 2 is 1.52 bits per heavy atom. The van der Waals surface area contributed by atoms with Crippen LogP contribution < -0.4 is 37.6 Å². The van der Waals surface area contributed by atoms with E-state index in [9.17, 15) is 43.5 Å². The van der Waals surface area contributed by atoms with Crippen LogP contribution >= 0.6 is 11.3 Å². The lowest BCUT2D eigenvalue weighted by atomic mass is 9.84. The number of anilines is 1. The van der Waals surface area contributed by atoms with E-state index in [0.29, 0.717) is 54.9 Å². The third-order valence-corrected chi connectivity index (χ3v) is 18.5. The number of benzene rings is 3. The molecule has 0 radical (unpaired) electrons. The van der Waals surface area contributed by atoms with Crippen molar-refractivity contribution in [2.45, 2.75) is 188 Å². The Labute approximate surface area is 551 Å². The van der Waals surface area contributed by atoms with Gasteiger partial charge in [0, 0.05) is 61.9 Å². The van der Waals surface area contributed by atoms with Crippen LogP contribution in [-0.2, 0) is 44.7 Å². The van der Waals surface area contributed by atoms with Gasteiger partial charge in [-0.3, -0.25) is 38.5 Å². The molecule has 8 amide bonds. The minimum Gasteiger partial charge on any atom is -0.481 e. The van der Waals surface area contributed by atoms with Gasteiger partial charge in [-0.25, -0.2) is 14.6 Å². The number of carbonyl (C=O) groups is 9. The number of esters is 1. The number of rotatable bonds is 34. The summed E-state index contributed by atoms with van der Waals surface area (Å²) in [4.78, 5) is 130. The maximum absolute atomic E-state index is 15.1. The molecule has 1 fully saturated rings. The number of ether oxygens (including phenoxy) is 2. The first-order chi connectivity index (χ1) is 44.2. The Kier molecular flexibility index (Phi) is 27.8. The molecule has 0 unspecified atom stereocenters. The second-order valence-electron chi connectivity index (χ2n) is 25.9. The lowest BCUT2D eigenvalue weighted by molar-refractivity contribution is -0.150. The molecule has 22 nitrogen and oxygen atoms in total. The van der Waals surface area contributed by atoms with Crippen molar-refractivity contribution in [3.63, 3.8) is 0 Å². The molecule has 6 rings (SSSR count). The van der Waals surface area contributed by atoms with Crippen LogP contribution in [0.2, 0.25) is 0 Å². The number of hydrogen-bond donors (Lipinski definition) is 8. The summed E-state index contributed by atoms with van der Waals surface area (Å²) < 4.78 is 11.7. The van der Waals surface area contributed by atoms with E-state index in [1.54, 1.807) is 56.9 Å². The number of hydrogen-bond acceptors (Lipinski definition) is 14. The summed E-state index contributed by atoms with van der Waals surface area (Å²) in [5.41, 5.74) is 9.19. The van der Waals surface area contributed by atoms with Crippen LogP contribution in [0.5, 0.6) is 0 Å². The van der Waals surface area contributed by atoms with E-state index in [1.165, 1.54) is 12.3 Å². The molecule has 93 heavy (non-hydrogen) atoms.